The molecule has 0 aliphatic carbocycles. The molecule has 100 valence electrons. The van der Waals surface area contributed by atoms with Gasteiger partial charge in [0.05, 0.1) is 0 Å². The second-order valence-electron chi connectivity index (χ2n) is 6.49. The van der Waals surface area contributed by atoms with Crippen molar-refractivity contribution in [3.8, 4) is 0 Å². The normalized spacial score (nSPS) is 12.6. The molecule has 1 aromatic rings. The molecule has 0 atom stereocenters. The predicted molar refractivity (Wildman–Crippen MR) is 78.2 cm³/mol. The van der Waals surface area contributed by atoms with Crippen LogP contribution in [0, 0.1) is 11.2 Å². The molecule has 0 unspecified atom stereocenters. The molecule has 0 aliphatic heterocycles. The minimum atomic E-state index is -0.244. The third kappa shape index (κ3) is 2.50. The fraction of sp³-hybridized carbons (Fsp3) is 0.529. The molecule has 0 fully saturated rings. The monoisotopic (exact) mass is 248 g/mol. The molecule has 0 heterocycles. The standard InChI is InChI=1S/C17H25F/c1-8-12(2)13-10-9-11-14(18)15(13)17(6,7)16(3,4)5/h9-11H,2,8H2,1,3-7H3. The van der Waals surface area contributed by atoms with Crippen molar-refractivity contribution in [1.82, 2.24) is 0 Å². The van der Waals surface area contributed by atoms with Gasteiger partial charge in [0.2, 0.25) is 0 Å². The van der Waals surface area contributed by atoms with E-state index < -0.39 is 0 Å². The molecule has 0 nitrogen and oxygen atoms in total. The zero-order valence-electron chi connectivity index (χ0n) is 12.5. The molecule has 0 aromatic heterocycles. The Labute approximate surface area is 111 Å². The summed E-state index contributed by atoms with van der Waals surface area (Å²) in [5.41, 5.74) is 2.51. The molecule has 0 N–H and O–H groups in total. The van der Waals surface area contributed by atoms with Crippen molar-refractivity contribution in [2.24, 2.45) is 5.41 Å². The maximum Gasteiger partial charge on any atom is 0.127 e. The van der Waals surface area contributed by atoms with E-state index in [1.54, 1.807) is 12.1 Å². The van der Waals surface area contributed by atoms with Gasteiger partial charge in [-0.15, -0.1) is 0 Å². The number of allylic oxidation sites excluding steroid dienone is 1. The number of rotatable bonds is 3. The first-order chi connectivity index (χ1) is 8.13. The zero-order valence-corrected chi connectivity index (χ0v) is 12.5. The summed E-state index contributed by atoms with van der Waals surface area (Å²) in [7, 11) is 0. The van der Waals surface area contributed by atoms with E-state index in [2.05, 4.69) is 48.1 Å². The van der Waals surface area contributed by atoms with Crippen molar-refractivity contribution in [2.75, 3.05) is 0 Å². The fourth-order valence-electron chi connectivity index (χ4n) is 2.02. The molecular formula is C17H25F. The van der Waals surface area contributed by atoms with Gasteiger partial charge in [-0.2, -0.15) is 0 Å². The van der Waals surface area contributed by atoms with Crippen LogP contribution in [0.25, 0.3) is 5.57 Å². The van der Waals surface area contributed by atoms with Gasteiger partial charge in [0.1, 0.15) is 5.82 Å². The molecule has 0 radical (unpaired) electrons. The highest BCUT2D eigenvalue weighted by molar-refractivity contribution is 5.67. The van der Waals surface area contributed by atoms with Crippen LogP contribution in [-0.4, -0.2) is 0 Å². The molecule has 1 rings (SSSR count). The maximum atomic E-state index is 14.3. The first kappa shape index (κ1) is 14.9. The van der Waals surface area contributed by atoms with Gasteiger partial charge in [-0.1, -0.05) is 60.3 Å². The molecule has 0 spiro atoms. The summed E-state index contributed by atoms with van der Waals surface area (Å²) < 4.78 is 14.3. The largest absolute Gasteiger partial charge is 0.207 e. The molecule has 0 bridgehead atoms. The van der Waals surface area contributed by atoms with Crippen LogP contribution in [0.3, 0.4) is 0 Å². The lowest BCUT2D eigenvalue weighted by Gasteiger charge is -2.41. The highest BCUT2D eigenvalue weighted by Gasteiger charge is 2.38. The van der Waals surface area contributed by atoms with Crippen molar-refractivity contribution in [3.63, 3.8) is 0 Å². The molecule has 18 heavy (non-hydrogen) atoms. The number of benzene rings is 1. The molecule has 0 saturated heterocycles. The minimum Gasteiger partial charge on any atom is -0.207 e. The minimum absolute atomic E-state index is 0.0159. The molecule has 1 heteroatoms. The number of halogens is 1. The predicted octanol–water partition coefficient (Wildman–Crippen LogP) is 5.57. The van der Waals surface area contributed by atoms with Gasteiger partial charge < -0.3 is 0 Å². The Bertz CT molecular complexity index is 447. The van der Waals surface area contributed by atoms with Crippen LogP contribution in [0.1, 0.15) is 59.1 Å². The van der Waals surface area contributed by atoms with E-state index in [0.29, 0.717) is 0 Å². The summed E-state index contributed by atoms with van der Waals surface area (Å²) >= 11 is 0. The van der Waals surface area contributed by atoms with E-state index in [-0.39, 0.29) is 16.6 Å². The zero-order chi connectivity index (χ0) is 14.1. The van der Waals surface area contributed by atoms with E-state index in [1.807, 2.05) is 6.07 Å². The van der Waals surface area contributed by atoms with Crippen molar-refractivity contribution < 1.29 is 4.39 Å². The SMILES string of the molecule is C=C(CC)c1cccc(F)c1C(C)(C)C(C)(C)C. The summed E-state index contributed by atoms with van der Waals surface area (Å²) in [6.07, 6.45) is 0.844. The van der Waals surface area contributed by atoms with Gasteiger partial charge in [-0.25, -0.2) is 4.39 Å². The molecule has 1 aromatic carbocycles. The van der Waals surface area contributed by atoms with Crippen molar-refractivity contribution >= 4 is 5.57 Å². The van der Waals surface area contributed by atoms with Crippen LogP contribution < -0.4 is 0 Å². The van der Waals surface area contributed by atoms with E-state index in [9.17, 15) is 4.39 Å². The van der Waals surface area contributed by atoms with Gasteiger partial charge >= 0.3 is 0 Å². The molecule has 0 amide bonds. The Morgan fingerprint density at radius 3 is 2.17 bits per heavy atom. The Morgan fingerprint density at radius 2 is 1.72 bits per heavy atom. The van der Waals surface area contributed by atoms with Crippen LogP contribution >= 0.6 is 0 Å². The summed E-state index contributed by atoms with van der Waals surface area (Å²) in [4.78, 5) is 0. The Morgan fingerprint density at radius 1 is 1.17 bits per heavy atom. The van der Waals surface area contributed by atoms with Crippen molar-refractivity contribution in [1.29, 1.82) is 0 Å². The summed E-state index contributed by atoms with van der Waals surface area (Å²) in [5.74, 6) is -0.123. The highest BCUT2D eigenvalue weighted by atomic mass is 19.1. The van der Waals surface area contributed by atoms with Gasteiger partial charge in [-0.3, -0.25) is 0 Å². The van der Waals surface area contributed by atoms with Gasteiger partial charge in [0.15, 0.2) is 0 Å². The van der Waals surface area contributed by atoms with Gasteiger partial charge in [0, 0.05) is 5.56 Å². The number of hydrogen-bond acceptors (Lipinski definition) is 0. The number of hydrogen-bond donors (Lipinski definition) is 0. The second-order valence-corrected chi connectivity index (χ2v) is 6.49. The van der Waals surface area contributed by atoms with E-state index in [4.69, 9.17) is 0 Å². The van der Waals surface area contributed by atoms with Crippen LogP contribution in [0.15, 0.2) is 24.8 Å². The van der Waals surface area contributed by atoms with Crippen LogP contribution in [0.5, 0.6) is 0 Å². The lowest BCUT2D eigenvalue weighted by molar-refractivity contribution is 0.218. The lowest BCUT2D eigenvalue weighted by Crippen LogP contribution is -2.35. The van der Waals surface area contributed by atoms with Crippen molar-refractivity contribution in [3.05, 3.63) is 41.7 Å². The summed E-state index contributed by atoms with van der Waals surface area (Å²) in [6, 6.07) is 5.31. The lowest BCUT2D eigenvalue weighted by atomic mass is 9.63. The smallest absolute Gasteiger partial charge is 0.127 e. The van der Waals surface area contributed by atoms with Crippen molar-refractivity contribution in [2.45, 2.75) is 53.4 Å². The molecule has 0 saturated carbocycles. The average Bonchev–Trinajstić information content (AvgIpc) is 2.25. The average molecular weight is 248 g/mol. The topological polar surface area (TPSA) is 0 Å². The van der Waals surface area contributed by atoms with Crippen LogP contribution in [0.4, 0.5) is 4.39 Å². The third-order valence-electron chi connectivity index (χ3n) is 4.32. The van der Waals surface area contributed by atoms with Gasteiger partial charge in [0.25, 0.3) is 0 Å². The van der Waals surface area contributed by atoms with Gasteiger partial charge in [-0.05, 0) is 34.5 Å². The fourth-order valence-corrected chi connectivity index (χ4v) is 2.02. The third-order valence-corrected chi connectivity index (χ3v) is 4.32. The first-order valence-corrected chi connectivity index (χ1v) is 6.60. The van der Waals surface area contributed by atoms with Crippen LogP contribution in [-0.2, 0) is 5.41 Å². The summed E-state index contributed by atoms with van der Waals surface area (Å²) in [5, 5.41) is 0. The summed E-state index contributed by atoms with van der Waals surface area (Å²) in [6.45, 7) is 16.8. The van der Waals surface area contributed by atoms with E-state index in [0.717, 1.165) is 23.1 Å². The van der Waals surface area contributed by atoms with Crippen LogP contribution in [0.2, 0.25) is 0 Å². The second kappa shape index (κ2) is 4.87. The Kier molecular flexibility index (Phi) is 4.05. The molecular weight excluding hydrogens is 223 g/mol. The maximum absolute atomic E-state index is 14.3. The quantitative estimate of drug-likeness (QED) is 0.655. The first-order valence-electron chi connectivity index (χ1n) is 6.60. The molecule has 0 aliphatic rings. The van der Waals surface area contributed by atoms with E-state index in [1.165, 1.54) is 0 Å². The Balaban J connectivity index is 3.53. The Hall–Kier alpha value is -1.11. The highest BCUT2D eigenvalue weighted by Crippen LogP contribution is 2.44. The van der Waals surface area contributed by atoms with E-state index >= 15 is 0 Å².